The fourth-order valence-electron chi connectivity index (χ4n) is 3.40. The lowest BCUT2D eigenvalue weighted by Crippen LogP contribution is -2.31. The van der Waals surface area contributed by atoms with Crippen molar-refractivity contribution in [3.8, 4) is 11.5 Å². The first kappa shape index (κ1) is 24.9. The maximum Gasteiger partial charge on any atom is 0.263 e. The Morgan fingerprint density at radius 1 is 1.27 bits per heavy atom. The molecule has 3 rings (SSSR count). The second kappa shape index (κ2) is 10.9. The number of nitrogens with zero attached hydrogens (tertiary/aromatic N) is 3. The number of aryl methyl sites for hydroxylation is 2. The number of thioether (sulfide) groups is 1. The number of carbonyl (C=O) groups is 1. The maximum absolute atomic E-state index is 13.1. The number of benzene rings is 1. The van der Waals surface area contributed by atoms with Gasteiger partial charge in [-0.15, -0.1) is 17.9 Å². The van der Waals surface area contributed by atoms with E-state index in [9.17, 15) is 9.59 Å². The average Bonchev–Trinajstić information content (AvgIpc) is 3.10. The minimum absolute atomic E-state index is 0.0292. The van der Waals surface area contributed by atoms with Crippen LogP contribution in [-0.4, -0.2) is 53.9 Å². The molecule has 9 heteroatoms. The fourth-order valence-corrected chi connectivity index (χ4v) is 5.42. The third-order valence-electron chi connectivity index (χ3n) is 5.50. The van der Waals surface area contributed by atoms with Crippen molar-refractivity contribution in [2.24, 2.45) is 0 Å². The van der Waals surface area contributed by atoms with Gasteiger partial charge < -0.3 is 14.4 Å². The monoisotopic (exact) mass is 487 g/mol. The molecule has 0 aliphatic heterocycles. The molecule has 0 spiro atoms. The van der Waals surface area contributed by atoms with Crippen molar-refractivity contribution in [1.82, 2.24) is 14.5 Å². The lowest BCUT2D eigenvalue weighted by molar-refractivity contribution is -0.127. The molecule has 0 atom stereocenters. The van der Waals surface area contributed by atoms with Crippen molar-refractivity contribution in [3.63, 3.8) is 0 Å². The van der Waals surface area contributed by atoms with E-state index >= 15 is 0 Å². The van der Waals surface area contributed by atoms with Crippen LogP contribution in [0, 0.1) is 13.8 Å². The highest BCUT2D eigenvalue weighted by molar-refractivity contribution is 7.99. The predicted molar refractivity (Wildman–Crippen MR) is 135 cm³/mol. The van der Waals surface area contributed by atoms with Crippen LogP contribution < -0.4 is 15.0 Å². The third kappa shape index (κ3) is 5.42. The molecule has 176 valence electrons. The molecule has 0 aliphatic carbocycles. The highest BCUT2D eigenvalue weighted by Crippen LogP contribution is 2.29. The van der Waals surface area contributed by atoms with Crippen LogP contribution in [0.4, 0.5) is 0 Å². The summed E-state index contributed by atoms with van der Waals surface area (Å²) in [6.45, 7) is 8.60. The molecule has 3 aromatic rings. The summed E-state index contributed by atoms with van der Waals surface area (Å²) in [5.74, 6) is 1.51. The first-order valence-electron chi connectivity index (χ1n) is 10.5. The van der Waals surface area contributed by atoms with E-state index in [-0.39, 0.29) is 17.2 Å². The van der Waals surface area contributed by atoms with Gasteiger partial charge in [0.2, 0.25) is 5.91 Å². The summed E-state index contributed by atoms with van der Waals surface area (Å²) in [4.78, 5) is 34.0. The van der Waals surface area contributed by atoms with Gasteiger partial charge in [0, 0.05) is 25.0 Å². The summed E-state index contributed by atoms with van der Waals surface area (Å²) < 4.78 is 12.2. The van der Waals surface area contributed by atoms with Gasteiger partial charge in [0.25, 0.3) is 5.56 Å². The molecule has 7 nitrogen and oxygen atoms in total. The summed E-state index contributed by atoms with van der Waals surface area (Å²) in [6.07, 6.45) is 2.36. The molecule has 2 heterocycles. The van der Waals surface area contributed by atoms with E-state index < -0.39 is 0 Å². The lowest BCUT2D eigenvalue weighted by atomic mass is 10.1. The summed E-state index contributed by atoms with van der Waals surface area (Å²) in [5.41, 5.74) is 1.93. The van der Waals surface area contributed by atoms with Gasteiger partial charge in [0.1, 0.15) is 4.83 Å². The fraction of sp³-hybridized carbons (Fsp3) is 0.375. The first-order chi connectivity index (χ1) is 15.8. The number of fused-ring (bicyclic) bond motifs is 1. The van der Waals surface area contributed by atoms with Crippen LogP contribution in [0.1, 0.15) is 16.0 Å². The van der Waals surface area contributed by atoms with Crippen LogP contribution in [0.5, 0.6) is 11.5 Å². The number of amides is 1. The topological polar surface area (TPSA) is 73.7 Å². The van der Waals surface area contributed by atoms with Crippen molar-refractivity contribution < 1.29 is 14.3 Å². The minimum Gasteiger partial charge on any atom is -0.493 e. The highest BCUT2D eigenvalue weighted by atomic mass is 32.2. The van der Waals surface area contributed by atoms with E-state index in [0.717, 1.165) is 16.0 Å². The normalized spacial score (nSPS) is 10.9. The van der Waals surface area contributed by atoms with E-state index in [0.29, 0.717) is 46.4 Å². The summed E-state index contributed by atoms with van der Waals surface area (Å²) in [6, 6.07) is 5.75. The molecule has 2 aromatic heterocycles. The van der Waals surface area contributed by atoms with Crippen LogP contribution in [0.2, 0.25) is 0 Å². The molecule has 0 aliphatic rings. The SMILES string of the molecule is C=CCn1c(SCC(=O)N(C)CCc2ccc(OC)c(OC)c2)nc2sc(C)c(C)c2c1=O. The second-order valence-corrected chi connectivity index (χ2v) is 9.75. The first-order valence-corrected chi connectivity index (χ1v) is 12.3. The Balaban J connectivity index is 1.69. The lowest BCUT2D eigenvalue weighted by Gasteiger charge is -2.18. The van der Waals surface area contributed by atoms with Crippen molar-refractivity contribution in [2.45, 2.75) is 32.0 Å². The Bertz CT molecular complexity index is 1230. The molecule has 1 amide bonds. The number of rotatable bonds is 10. The number of hydrogen-bond acceptors (Lipinski definition) is 7. The smallest absolute Gasteiger partial charge is 0.263 e. The molecule has 0 fully saturated rings. The molecule has 0 saturated carbocycles. The number of likely N-dealkylation sites (N-methyl/N-ethyl adjacent to an activating group) is 1. The molecule has 0 unspecified atom stereocenters. The number of thiophene rings is 1. The van der Waals surface area contributed by atoms with E-state index in [2.05, 4.69) is 6.58 Å². The highest BCUT2D eigenvalue weighted by Gasteiger charge is 2.18. The van der Waals surface area contributed by atoms with Crippen LogP contribution in [0.15, 0.2) is 40.8 Å². The Labute approximate surface area is 202 Å². The summed E-state index contributed by atoms with van der Waals surface area (Å²) >= 11 is 2.79. The molecule has 0 saturated heterocycles. The zero-order valence-corrected chi connectivity index (χ0v) is 21.3. The number of hydrogen-bond donors (Lipinski definition) is 0. The van der Waals surface area contributed by atoms with Crippen LogP contribution in [-0.2, 0) is 17.8 Å². The number of aromatic nitrogens is 2. The zero-order chi connectivity index (χ0) is 24.1. The second-order valence-electron chi connectivity index (χ2n) is 7.61. The predicted octanol–water partition coefficient (Wildman–Crippen LogP) is 4.07. The molecule has 0 N–H and O–H groups in total. The maximum atomic E-state index is 13.1. The van der Waals surface area contributed by atoms with Gasteiger partial charge in [-0.3, -0.25) is 14.2 Å². The largest absolute Gasteiger partial charge is 0.493 e. The van der Waals surface area contributed by atoms with E-state index in [1.165, 1.54) is 23.1 Å². The summed E-state index contributed by atoms with van der Waals surface area (Å²) in [5, 5.41) is 1.19. The standard InChI is InChI=1S/C24H29N3O4S2/c1-7-11-27-23(29)21-15(2)16(3)33-22(21)25-24(27)32-14-20(28)26(4)12-10-17-8-9-18(30-5)19(13-17)31-6/h7-9,13H,1,10-12,14H2,2-6H3. The third-order valence-corrected chi connectivity index (χ3v) is 7.56. The van der Waals surface area contributed by atoms with Crippen LogP contribution in [0.25, 0.3) is 10.2 Å². The van der Waals surface area contributed by atoms with Gasteiger partial charge >= 0.3 is 0 Å². The van der Waals surface area contributed by atoms with Gasteiger partial charge in [0.05, 0.1) is 25.4 Å². The quantitative estimate of drug-likeness (QED) is 0.244. The van der Waals surface area contributed by atoms with E-state index in [4.69, 9.17) is 14.5 Å². The van der Waals surface area contributed by atoms with Crippen LogP contribution in [0.3, 0.4) is 0 Å². The summed E-state index contributed by atoms with van der Waals surface area (Å²) in [7, 11) is 4.98. The van der Waals surface area contributed by atoms with Gasteiger partial charge in [0.15, 0.2) is 16.7 Å². The van der Waals surface area contributed by atoms with E-state index in [1.807, 2.05) is 32.0 Å². The Morgan fingerprint density at radius 2 is 2.00 bits per heavy atom. The van der Waals surface area contributed by atoms with Crippen molar-refractivity contribution in [3.05, 3.63) is 57.2 Å². The van der Waals surface area contributed by atoms with Gasteiger partial charge in [-0.05, 0) is 43.5 Å². The zero-order valence-electron chi connectivity index (χ0n) is 19.6. The van der Waals surface area contributed by atoms with Gasteiger partial charge in [-0.25, -0.2) is 4.98 Å². The molecule has 0 radical (unpaired) electrons. The van der Waals surface area contributed by atoms with Crippen molar-refractivity contribution >= 4 is 39.2 Å². The number of methoxy groups -OCH3 is 2. The molecule has 0 bridgehead atoms. The van der Waals surface area contributed by atoms with Gasteiger partial charge in [-0.1, -0.05) is 23.9 Å². The molecule has 33 heavy (non-hydrogen) atoms. The average molecular weight is 488 g/mol. The number of carbonyl (C=O) groups excluding carboxylic acids is 1. The minimum atomic E-state index is -0.0847. The Kier molecular flexibility index (Phi) is 8.20. The molecular weight excluding hydrogens is 458 g/mol. The number of allylic oxidation sites excluding steroid dienone is 1. The van der Waals surface area contributed by atoms with E-state index in [1.54, 1.807) is 36.8 Å². The Morgan fingerprint density at radius 3 is 2.67 bits per heavy atom. The van der Waals surface area contributed by atoms with Gasteiger partial charge in [-0.2, -0.15) is 0 Å². The van der Waals surface area contributed by atoms with Crippen LogP contribution >= 0.6 is 23.1 Å². The van der Waals surface area contributed by atoms with Crippen molar-refractivity contribution in [2.75, 3.05) is 33.6 Å². The number of ether oxygens (including phenoxy) is 2. The Hall–Kier alpha value is -2.78. The molecular formula is C24H29N3O4S2. The molecule has 1 aromatic carbocycles. The van der Waals surface area contributed by atoms with Crippen molar-refractivity contribution in [1.29, 1.82) is 0 Å².